The Bertz CT molecular complexity index is 1410. The Hall–Kier alpha value is -3.99. The third kappa shape index (κ3) is 5.88. The maximum Gasteiger partial charge on any atom is 0.417 e. The highest BCUT2D eigenvalue weighted by atomic mass is 19.4. The van der Waals surface area contributed by atoms with Gasteiger partial charge in [-0.15, -0.1) is 0 Å². The fourth-order valence-corrected chi connectivity index (χ4v) is 3.99. The molecular formula is C26H26F4N6O. The molecule has 0 saturated heterocycles. The van der Waals surface area contributed by atoms with Crippen LogP contribution in [0.5, 0.6) is 0 Å². The maximum atomic E-state index is 14.6. The molecule has 0 aliphatic carbocycles. The molecule has 1 aromatic carbocycles. The number of pyridine rings is 1. The van der Waals surface area contributed by atoms with Gasteiger partial charge >= 0.3 is 6.18 Å². The van der Waals surface area contributed by atoms with E-state index in [1.54, 1.807) is 42.1 Å². The first-order valence-electron chi connectivity index (χ1n) is 11.5. The smallest absolute Gasteiger partial charge is 0.356 e. The summed E-state index contributed by atoms with van der Waals surface area (Å²) < 4.78 is 57.0. The molecule has 1 amide bonds. The SMILES string of the molecule is C=C(c1nc(/C=C/CNC(=O)c2nccn2C)cc2c(NC3=C(F)CN(C)CC3)cccc12)C(F)(F)F. The first-order valence-corrected chi connectivity index (χ1v) is 11.5. The number of aryl methyl sites for hydroxylation is 1. The molecule has 0 saturated carbocycles. The van der Waals surface area contributed by atoms with E-state index in [4.69, 9.17) is 0 Å². The van der Waals surface area contributed by atoms with Crippen LogP contribution < -0.4 is 10.6 Å². The van der Waals surface area contributed by atoms with Crippen LogP contribution in [0.1, 0.15) is 28.4 Å². The van der Waals surface area contributed by atoms with Gasteiger partial charge in [-0.2, -0.15) is 13.2 Å². The molecule has 3 heterocycles. The molecule has 0 unspecified atom stereocenters. The number of alkyl halides is 3. The Morgan fingerprint density at radius 1 is 1.24 bits per heavy atom. The van der Waals surface area contributed by atoms with Gasteiger partial charge < -0.3 is 15.2 Å². The lowest BCUT2D eigenvalue weighted by Crippen LogP contribution is -2.28. The topological polar surface area (TPSA) is 75.1 Å². The number of amides is 1. The highest BCUT2D eigenvalue weighted by molar-refractivity contribution is 6.01. The van der Waals surface area contributed by atoms with Gasteiger partial charge in [-0.05, 0) is 25.3 Å². The van der Waals surface area contributed by atoms with Crippen molar-refractivity contribution in [2.75, 3.05) is 32.0 Å². The summed E-state index contributed by atoms with van der Waals surface area (Å²) in [6.07, 6.45) is 1.97. The van der Waals surface area contributed by atoms with E-state index in [9.17, 15) is 22.4 Å². The molecule has 0 radical (unpaired) electrons. The molecule has 1 aliphatic heterocycles. The summed E-state index contributed by atoms with van der Waals surface area (Å²) in [7, 11) is 3.50. The zero-order valence-corrected chi connectivity index (χ0v) is 20.4. The van der Waals surface area contributed by atoms with Crippen LogP contribution in [0, 0.1) is 0 Å². The molecular weight excluding hydrogens is 488 g/mol. The van der Waals surface area contributed by atoms with Gasteiger partial charge in [-0.25, -0.2) is 14.4 Å². The number of fused-ring (bicyclic) bond motifs is 1. The van der Waals surface area contributed by atoms with Gasteiger partial charge in [0.05, 0.1) is 23.5 Å². The van der Waals surface area contributed by atoms with Gasteiger partial charge in [0.1, 0.15) is 5.83 Å². The van der Waals surface area contributed by atoms with E-state index in [2.05, 4.69) is 27.2 Å². The number of rotatable bonds is 7. The second-order valence-electron chi connectivity index (χ2n) is 8.74. The van der Waals surface area contributed by atoms with Crippen molar-refractivity contribution in [3.05, 3.63) is 78.1 Å². The quantitative estimate of drug-likeness (QED) is 0.438. The third-order valence-electron chi connectivity index (χ3n) is 5.98. The van der Waals surface area contributed by atoms with E-state index in [-0.39, 0.29) is 41.5 Å². The molecule has 0 fully saturated rings. The lowest BCUT2D eigenvalue weighted by atomic mass is 10.0. The number of allylic oxidation sites excluding steroid dienone is 1. The highest BCUT2D eigenvalue weighted by Gasteiger charge is 2.35. The molecule has 3 aromatic rings. The van der Waals surface area contributed by atoms with Gasteiger partial charge in [0.15, 0.2) is 5.82 Å². The average Bonchev–Trinajstić information content (AvgIpc) is 3.28. The van der Waals surface area contributed by atoms with Gasteiger partial charge in [-0.1, -0.05) is 24.8 Å². The minimum atomic E-state index is -4.69. The van der Waals surface area contributed by atoms with Gasteiger partial charge in [0.25, 0.3) is 5.91 Å². The number of anilines is 1. The summed E-state index contributed by atoms with van der Waals surface area (Å²) >= 11 is 0. The number of aromatic nitrogens is 3. The van der Waals surface area contributed by atoms with E-state index in [1.807, 2.05) is 11.9 Å². The number of hydrogen-bond donors (Lipinski definition) is 2. The van der Waals surface area contributed by atoms with Crippen molar-refractivity contribution in [1.82, 2.24) is 24.8 Å². The van der Waals surface area contributed by atoms with Crippen LogP contribution in [0.2, 0.25) is 0 Å². The average molecular weight is 515 g/mol. The highest BCUT2D eigenvalue weighted by Crippen LogP contribution is 2.37. The van der Waals surface area contributed by atoms with E-state index in [1.165, 1.54) is 18.3 Å². The number of nitrogens with zero attached hydrogens (tertiary/aromatic N) is 4. The number of nitrogens with one attached hydrogen (secondary N) is 2. The summed E-state index contributed by atoms with van der Waals surface area (Å²) in [5.74, 6) is -0.481. The first-order chi connectivity index (χ1) is 17.5. The molecule has 2 N–H and O–H groups in total. The molecule has 37 heavy (non-hydrogen) atoms. The van der Waals surface area contributed by atoms with E-state index in [0.717, 1.165) is 0 Å². The Balaban J connectivity index is 1.67. The molecule has 7 nitrogen and oxygen atoms in total. The maximum absolute atomic E-state index is 14.6. The van der Waals surface area contributed by atoms with Gasteiger partial charge in [-0.3, -0.25) is 9.69 Å². The number of imidazole rings is 1. The molecule has 11 heteroatoms. The van der Waals surface area contributed by atoms with E-state index < -0.39 is 17.7 Å². The normalized spacial score (nSPS) is 15.0. The number of carbonyl (C=O) groups is 1. The summed E-state index contributed by atoms with van der Waals surface area (Å²) in [5.41, 5.74) is -0.316. The lowest BCUT2D eigenvalue weighted by Gasteiger charge is -2.25. The Labute approximate surface area is 211 Å². The number of likely N-dealkylation sites (N-methyl/N-ethyl adjacent to an activating group) is 1. The minimum Gasteiger partial charge on any atom is -0.356 e. The second-order valence-corrected chi connectivity index (χ2v) is 8.74. The van der Waals surface area contributed by atoms with Crippen molar-refractivity contribution in [3.8, 4) is 0 Å². The molecule has 0 spiro atoms. The summed E-state index contributed by atoms with van der Waals surface area (Å²) in [6.45, 7) is 4.14. The molecule has 0 bridgehead atoms. The monoisotopic (exact) mass is 514 g/mol. The van der Waals surface area contributed by atoms with Crippen LogP contribution in [-0.2, 0) is 7.05 Å². The lowest BCUT2D eigenvalue weighted by molar-refractivity contribution is -0.0688. The van der Waals surface area contributed by atoms with Crippen molar-refractivity contribution >= 4 is 34.0 Å². The zero-order chi connectivity index (χ0) is 26.7. The van der Waals surface area contributed by atoms with Crippen molar-refractivity contribution in [3.63, 3.8) is 0 Å². The number of carbonyl (C=O) groups excluding carboxylic acids is 1. The van der Waals surface area contributed by atoms with Crippen LogP contribution in [0.4, 0.5) is 23.2 Å². The van der Waals surface area contributed by atoms with Crippen molar-refractivity contribution in [1.29, 1.82) is 0 Å². The van der Waals surface area contributed by atoms with Gasteiger partial charge in [0.2, 0.25) is 0 Å². The molecule has 4 rings (SSSR count). The predicted octanol–water partition coefficient (Wildman–Crippen LogP) is 4.92. The van der Waals surface area contributed by atoms with Crippen molar-refractivity contribution < 1.29 is 22.4 Å². The summed E-state index contributed by atoms with van der Waals surface area (Å²) in [4.78, 5) is 22.2. The van der Waals surface area contributed by atoms with Crippen LogP contribution in [0.15, 0.2) is 60.8 Å². The minimum absolute atomic E-state index is 0.104. The Kier molecular flexibility index (Phi) is 7.44. The fraction of sp³-hybridized carbons (Fsp3) is 0.269. The zero-order valence-electron chi connectivity index (χ0n) is 20.4. The summed E-state index contributed by atoms with van der Waals surface area (Å²) in [5, 5.41) is 6.42. The standard InChI is InChI=1S/C26H26F4N6O/c1-16(26(28,29)30)23-18-7-4-8-21(34-22-9-12-35(2)15-20(22)27)19(18)14-17(33-23)6-5-10-32-25(37)24-31-11-13-36(24)3/h4-8,11,13-14,34H,1,9-10,12,15H2,2-3H3,(H,32,37)/b6-5+. The third-order valence-corrected chi connectivity index (χ3v) is 5.98. The van der Waals surface area contributed by atoms with Crippen molar-refractivity contribution in [2.45, 2.75) is 12.6 Å². The molecule has 2 aromatic heterocycles. The largest absolute Gasteiger partial charge is 0.417 e. The first kappa shape index (κ1) is 26.1. The summed E-state index contributed by atoms with van der Waals surface area (Å²) in [6, 6.07) is 6.42. The van der Waals surface area contributed by atoms with E-state index >= 15 is 0 Å². The Morgan fingerprint density at radius 3 is 2.70 bits per heavy atom. The number of halogens is 4. The van der Waals surface area contributed by atoms with Crippen LogP contribution in [-0.4, -0.2) is 58.2 Å². The number of benzene rings is 1. The van der Waals surface area contributed by atoms with Crippen LogP contribution in [0.25, 0.3) is 22.4 Å². The Morgan fingerprint density at radius 2 is 2.03 bits per heavy atom. The second kappa shape index (κ2) is 10.6. The van der Waals surface area contributed by atoms with E-state index in [0.29, 0.717) is 29.7 Å². The number of hydrogen-bond acceptors (Lipinski definition) is 5. The van der Waals surface area contributed by atoms with Crippen LogP contribution >= 0.6 is 0 Å². The van der Waals surface area contributed by atoms with Gasteiger partial charge in [0, 0.05) is 61.1 Å². The predicted molar refractivity (Wildman–Crippen MR) is 135 cm³/mol. The molecule has 1 aliphatic rings. The van der Waals surface area contributed by atoms with Crippen molar-refractivity contribution in [2.24, 2.45) is 7.05 Å². The molecule has 194 valence electrons. The fourth-order valence-electron chi connectivity index (χ4n) is 3.99. The van der Waals surface area contributed by atoms with Crippen LogP contribution in [0.3, 0.4) is 0 Å². The molecule has 0 atom stereocenters.